The van der Waals surface area contributed by atoms with Crippen LogP contribution < -0.4 is 10.1 Å². The number of oxazole rings is 1. The Balaban J connectivity index is 2.33. The molecule has 2 aromatic heterocycles. The second-order valence-electron chi connectivity index (χ2n) is 2.59. The van der Waals surface area contributed by atoms with Crippen molar-refractivity contribution < 1.29 is 4.42 Å². The number of aryl methyl sites for hydroxylation is 1. The Hall–Kier alpha value is -1.69. The molecule has 0 aliphatic rings. The highest BCUT2D eigenvalue weighted by atomic mass is 32.1. The maximum Gasteiger partial charge on any atom is 0.300 e. The highest BCUT2D eigenvalue weighted by molar-refractivity contribution is 7.07. The predicted molar refractivity (Wildman–Crippen MR) is 52.9 cm³/mol. The lowest BCUT2D eigenvalue weighted by atomic mass is 10.6. The largest absolute Gasteiger partial charge is 0.432 e. The first-order valence-corrected chi connectivity index (χ1v) is 4.76. The Kier molecular flexibility index (Phi) is 2.28. The minimum absolute atomic E-state index is 0.145. The summed E-state index contributed by atoms with van der Waals surface area (Å²) in [5.74, 6) is 0.248. The van der Waals surface area contributed by atoms with Gasteiger partial charge in [-0.2, -0.15) is 0 Å². The average Bonchev–Trinajstić information content (AvgIpc) is 2.64. The predicted octanol–water partition coefficient (Wildman–Crippen LogP) is 1.54. The van der Waals surface area contributed by atoms with Gasteiger partial charge in [-0.1, -0.05) is 11.3 Å². The fourth-order valence-corrected chi connectivity index (χ4v) is 1.45. The summed E-state index contributed by atoms with van der Waals surface area (Å²) in [7, 11) is 0. The molecule has 0 amide bonds. The number of rotatable bonds is 2. The molecule has 0 spiro atoms. The van der Waals surface area contributed by atoms with Crippen molar-refractivity contribution in [2.45, 2.75) is 6.92 Å². The third kappa shape index (κ3) is 1.80. The van der Waals surface area contributed by atoms with Crippen molar-refractivity contribution in [3.8, 4) is 0 Å². The van der Waals surface area contributed by atoms with E-state index in [1.807, 2.05) is 6.92 Å². The van der Waals surface area contributed by atoms with Crippen molar-refractivity contribution in [2.24, 2.45) is 0 Å². The zero-order chi connectivity index (χ0) is 9.97. The standard InChI is InChI=1S/C8H7N3O2S/c1-5-4-14-7(12)6(10-5)11-8-9-2-3-13-8/h2-4H,1H3,(H,9,10,11). The van der Waals surface area contributed by atoms with E-state index < -0.39 is 0 Å². The molecule has 2 heterocycles. The van der Waals surface area contributed by atoms with Crippen molar-refractivity contribution in [1.29, 1.82) is 0 Å². The summed E-state index contributed by atoms with van der Waals surface area (Å²) in [6.45, 7) is 1.82. The molecule has 2 rings (SSSR count). The lowest BCUT2D eigenvalue weighted by molar-refractivity contribution is 0.577. The summed E-state index contributed by atoms with van der Waals surface area (Å²) in [6, 6.07) is 0.271. The summed E-state index contributed by atoms with van der Waals surface area (Å²) < 4.78 is 4.79. The van der Waals surface area contributed by atoms with Crippen LogP contribution in [0.1, 0.15) is 5.69 Å². The molecule has 6 heteroatoms. The second kappa shape index (κ2) is 3.59. The molecule has 0 saturated carbocycles. The van der Waals surface area contributed by atoms with Gasteiger partial charge in [-0.15, -0.1) is 0 Å². The van der Waals surface area contributed by atoms with Gasteiger partial charge in [-0.25, -0.2) is 9.97 Å². The van der Waals surface area contributed by atoms with Crippen molar-refractivity contribution in [3.63, 3.8) is 0 Å². The third-order valence-corrected chi connectivity index (χ3v) is 2.34. The lowest BCUT2D eigenvalue weighted by Gasteiger charge is -1.98. The molecule has 0 unspecified atom stereocenters. The van der Waals surface area contributed by atoms with Gasteiger partial charge in [0.15, 0.2) is 5.82 Å². The topological polar surface area (TPSA) is 68.0 Å². The highest BCUT2D eigenvalue weighted by Gasteiger charge is 2.04. The Morgan fingerprint density at radius 2 is 2.43 bits per heavy atom. The summed E-state index contributed by atoms with van der Waals surface area (Å²) in [6.07, 6.45) is 2.91. The van der Waals surface area contributed by atoms with Crippen LogP contribution in [-0.2, 0) is 0 Å². The van der Waals surface area contributed by atoms with Gasteiger partial charge in [0.05, 0.1) is 6.20 Å². The minimum Gasteiger partial charge on any atom is -0.432 e. The van der Waals surface area contributed by atoms with E-state index in [2.05, 4.69) is 15.3 Å². The van der Waals surface area contributed by atoms with Crippen LogP contribution in [0.4, 0.5) is 11.8 Å². The Morgan fingerprint density at radius 3 is 3.14 bits per heavy atom. The molecule has 2 aromatic rings. The van der Waals surface area contributed by atoms with E-state index in [1.165, 1.54) is 12.5 Å². The van der Waals surface area contributed by atoms with E-state index in [1.54, 1.807) is 5.38 Å². The number of anilines is 2. The van der Waals surface area contributed by atoms with Crippen LogP contribution in [0.3, 0.4) is 0 Å². The van der Waals surface area contributed by atoms with Crippen LogP contribution in [0.15, 0.2) is 27.1 Å². The first-order chi connectivity index (χ1) is 6.75. The lowest BCUT2D eigenvalue weighted by Crippen LogP contribution is -2.07. The quantitative estimate of drug-likeness (QED) is 0.812. The molecule has 0 aliphatic heterocycles. The van der Waals surface area contributed by atoms with Crippen molar-refractivity contribution >= 4 is 23.2 Å². The number of nitrogens with one attached hydrogen (secondary N) is 1. The van der Waals surface area contributed by atoms with Crippen LogP contribution >= 0.6 is 11.3 Å². The molecule has 0 saturated heterocycles. The SMILES string of the molecule is Cc1csc(=O)c(Nc2ncco2)n1. The van der Waals surface area contributed by atoms with E-state index in [0.717, 1.165) is 17.0 Å². The second-order valence-corrected chi connectivity index (χ2v) is 3.43. The van der Waals surface area contributed by atoms with E-state index >= 15 is 0 Å². The molecule has 0 bridgehead atoms. The monoisotopic (exact) mass is 209 g/mol. The van der Waals surface area contributed by atoms with Crippen LogP contribution in [0.2, 0.25) is 0 Å². The van der Waals surface area contributed by atoms with Gasteiger partial charge in [-0.3, -0.25) is 10.1 Å². The van der Waals surface area contributed by atoms with Crippen LogP contribution in [0, 0.1) is 6.92 Å². The van der Waals surface area contributed by atoms with Gasteiger partial charge in [0, 0.05) is 11.1 Å². The average molecular weight is 209 g/mol. The number of aromatic nitrogens is 2. The van der Waals surface area contributed by atoms with Gasteiger partial charge in [0.25, 0.3) is 10.8 Å². The molecule has 0 aliphatic carbocycles. The van der Waals surface area contributed by atoms with Crippen LogP contribution in [0.25, 0.3) is 0 Å². The van der Waals surface area contributed by atoms with Gasteiger partial charge >= 0.3 is 0 Å². The molecule has 0 fully saturated rings. The van der Waals surface area contributed by atoms with E-state index in [-0.39, 0.29) is 16.6 Å². The maximum absolute atomic E-state index is 11.3. The molecule has 0 aromatic carbocycles. The Labute approximate surface area is 83.4 Å². The third-order valence-electron chi connectivity index (χ3n) is 1.48. The number of hydrogen-bond donors (Lipinski definition) is 1. The fourth-order valence-electron chi connectivity index (χ4n) is 0.908. The molecular formula is C8H7N3O2S. The van der Waals surface area contributed by atoms with Gasteiger partial charge in [0.2, 0.25) is 0 Å². The molecular weight excluding hydrogens is 202 g/mol. The molecule has 14 heavy (non-hydrogen) atoms. The van der Waals surface area contributed by atoms with E-state index in [9.17, 15) is 4.79 Å². The first-order valence-electron chi connectivity index (χ1n) is 3.88. The van der Waals surface area contributed by atoms with Crippen LogP contribution in [-0.4, -0.2) is 9.97 Å². The summed E-state index contributed by atoms with van der Waals surface area (Å²) in [5.41, 5.74) is 0.781. The number of nitrogens with zero attached hydrogens (tertiary/aromatic N) is 2. The van der Waals surface area contributed by atoms with Crippen molar-refractivity contribution in [1.82, 2.24) is 9.97 Å². The van der Waals surface area contributed by atoms with E-state index in [0.29, 0.717) is 0 Å². The van der Waals surface area contributed by atoms with Gasteiger partial charge < -0.3 is 4.42 Å². The van der Waals surface area contributed by atoms with Gasteiger partial charge in [-0.05, 0) is 6.92 Å². The first kappa shape index (κ1) is 8.89. The molecule has 72 valence electrons. The normalized spacial score (nSPS) is 10.1. The Morgan fingerprint density at radius 1 is 1.57 bits per heavy atom. The molecule has 0 radical (unpaired) electrons. The highest BCUT2D eigenvalue weighted by Crippen LogP contribution is 2.09. The van der Waals surface area contributed by atoms with E-state index in [4.69, 9.17) is 4.42 Å². The van der Waals surface area contributed by atoms with Crippen molar-refractivity contribution in [2.75, 3.05) is 5.32 Å². The summed E-state index contributed by atoms with van der Waals surface area (Å²) in [4.78, 5) is 19.2. The smallest absolute Gasteiger partial charge is 0.300 e. The number of hydrogen-bond acceptors (Lipinski definition) is 6. The fraction of sp³-hybridized carbons (Fsp3) is 0.125. The van der Waals surface area contributed by atoms with Crippen molar-refractivity contribution in [3.05, 3.63) is 33.1 Å². The maximum atomic E-state index is 11.3. The summed E-state index contributed by atoms with van der Waals surface area (Å²) >= 11 is 1.09. The Bertz CT molecular complexity index is 478. The van der Waals surface area contributed by atoms with Gasteiger partial charge in [0.1, 0.15) is 6.26 Å². The molecule has 5 nitrogen and oxygen atoms in total. The minimum atomic E-state index is -0.145. The zero-order valence-corrected chi connectivity index (χ0v) is 8.17. The molecule has 1 N–H and O–H groups in total. The summed E-state index contributed by atoms with van der Waals surface area (Å²) in [5, 5.41) is 4.40. The van der Waals surface area contributed by atoms with Crippen LogP contribution in [0.5, 0.6) is 0 Å². The zero-order valence-electron chi connectivity index (χ0n) is 7.35. The molecule has 0 atom stereocenters.